The van der Waals surface area contributed by atoms with Crippen molar-refractivity contribution in [1.29, 1.82) is 0 Å². The lowest BCUT2D eigenvalue weighted by Crippen LogP contribution is -2.31. The van der Waals surface area contributed by atoms with Crippen molar-refractivity contribution in [1.82, 2.24) is 5.32 Å². The van der Waals surface area contributed by atoms with E-state index in [-0.39, 0.29) is 11.9 Å². The molecule has 1 saturated carbocycles. The summed E-state index contributed by atoms with van der Waals surface area (Å²) >= 11 is 0. The lowest BCUT2D eigenvalue weighted by molar-refractivity contribution is -0.140. The van der Waals surface area contributed by atoms with Crippen LogP contribution in [0.3, 0.4) is 0 Å². The number of hydrogen-bond acceptors (Lipinski definition) is 4. The van der Waals surface area contributed by atoms with Gasteiger partial charge in [0.05, 0.1) is 32.1 Å². The standard InChI is InChI=1S/C20H21NO5/c1-25-14-7-3-12(4-8-14)18(13-5-9-15(26-2)10-6-13)21-19(22)16-11-17(16)20(23)24/h3-10,16-18H,11H2,1-2H3,(H,21,22)(H,23,24). The van der Waals surface area contributed by atoms with E-state index in [0.29, 0.717) is 6.42 Å². The molecule has 6 heteroatoms. The van der Waals surface area contributed by atoms with Gasteiger partial charge >= 0.3 is 5.97 Å². The van der Waals surface area contributed by atoms with Crippen LogP contribution < -0.4 is 14.8 Å². The van der Waals surface area contributed by atoms with Crippen LogP contribution in [-0.4, -0.2) is 31.2 Å². The molecule has 2 aromatic carbocycles. The number of aliphatic carboxylic acids is 1. The zero-order valence-corrected chi connectivity index (χ0v) is 14.6. The van der Waals surface area contributed by atoms with Gasteiger partial charge < -0.3 is 19.9 Å². The van der Waals surface area contributed by atoms with Crippen molar-refractivity contribution in [3.63, 3.8) is 0 Å². The first kappa shape index (κ1) is 17.8. The van der Waals surface area contributed by atoms with E-state index in [1.807, 2.05) is 48.5 Å². The molecule has 2 N–H and O–H groups in total. The number of methoxy groups -OCH3 is 2. The van der Waals surface area contributed by atoms with Gasteiger partial charge in [-0.25, -0.2) is 0 Å². The summed E-state index contributed by atoms with van der Waals surface area (Å²) in [5, 5.41) is 12.0. The molecular formula is C20H21NO5. The second-order valence-corrected chi connectivity index (χ2v) is 6.27. The van der Waals surface area contributed by atoms with E-state index in [4.69, 9.17) is 14.6 Å². The fourth-order valence-electron chi connectivity index (χ4n) is 2.96. The second kappa shape index (κ2) is 7.47. The Balaban J connectivity index is 1.85. The molecule has 0 saturated heterocycles. The number of carboxylic acids is 1. The van der Waals surface area contributed by atoms with Gasteiger partial charge in [-0.1, -0.05) is 24.3 Å². The van der Waals surface area contributed by atoms with E-state index in [2.05, 4.69) is 5.32 Å². The lowest BCUT2D eigenvalue weighted by atomic mass is 9.98. The Kier molecular flexibility index (Phi) is 5.11. The van der Waals surface area contributed by atoms with E-state index >= 15 is 0 Å². The Hall–Kier alpha value is -3.02. The first-order chi connectivity index (χ1) is 12.5. The smallest absolute Gasteiger partial charge is 0.307 e. The molecule has 26 heavy (non-hydrogen) atoms. The molecule has 2 atom stereocenters. The number of amides is 1. The minimum absolute atomic E-state index is 0.242. The first-order valence-corrected chi connectivity index (χ1v) is 8.34. The summed E-state index contributed by atoms with van der Waals surface area (Å²) in [4.78, 5) is 23.5. The number of ether oxygens (including phenoxy) is 2. The maximum Gasteiger partial charge on any atom is 0.307 e. The van der Waals surface area contributed by atoms with Gasteiger partial charge in [-0.2, -0.15) is 0 Å². The predicted molar refractivity (Wildman–Crippen MR) is 95.2 cm³/mol. The molecule has 0 radical (unpaired) electrons. The third-order valence-electron chi connectivity index (χ3n) is 4.63. The van der Waals surface area contributed by atoms with Crippen LogP contribution >= 0.6 is 0 Å². The van der Waals surface area contributed by atoms with Gasteiger partial charge in [-0.15, -0.1) is 0 Å². The number of nitrogens with one attached hydrogen (secondary N) is 1. The highest BCUT2D eigenvalue weighted by atomic mass is 16.5. The van der Waals surface area contributed by atoms with Gasteiger partial charge in [0.1, 0.15) is 11.5 Å². The number of carbonyl (C=O) groups is 2. The molecule has 2 unspecified atom stereocenters. The summed E-state index contributed by atoms with van der Waals surface area (Å²) in [6.07, 6.45) is 0.388. The average molecular weight is 355 g/mol. The maximum atomic E-state index is 12.5. The fraction of sp³-hybridized carbons (Fsp3) is 0.300. The van der Waals surface area contributed by atoms with Gasteiger partial charge in [-0.05, 0) is 41.8 Å². The van der Waals surface area contributed by atoms with Crippen molar-refractivity contribution < 1.29 is 24.2 Å². The van der Waals surface area contributed by atoms with Gasteiger partial charge in [0.15, 0.2) is 0 Å². The molecule has 2 aromatic rings. The summed E-state index contributed by atoms with van der Waals surface area (Å²) < 4.78 is 10.4. The van der Waals surface area contributed by atoms with Gasteiger partial charge in [0, 0.05) is 0 Å². The Labute approximate surface area is 151 Å². The second-order valence-electron chi connectivity index (χ2n) is 6.27. The third-order valence-corrected chi connectivity index (χ3v) is 4.63. The van der Waals surface area contributed by atoms with Crippen molar-refractivity contribution in [3.05, 3.63) is 59.7 Å². The number of carbonyl (C=O) groups excluding carboxylic acids is 1. The maximum absolute atomic E-state index is 12.5. The van der Waals surface area contributed by atoms with Crippen LogP contribution in [0, 0.1) is 11.8 Å². The molecule has 136 valence electrons. The van der Waals surface area contributed by atoms with Crippen LogP contribution in [0.5, 0.6) is 11.5 Å². The largest absolute Gasteiger partial charge is 0.497 e. The molecule has 3 rings (SSSR count). The molecule has 0 aliphatic heterocycles. The molecular weight excluding hydrogens is 334 g/mol. The average Bonchev–Trinajstić information content (AvgIpc) is 3.47. The molecule has 0 spiro atoms. The highest BCUT2D eigenvalue weighted by molar-refractivity contribution is 5.89. The minimum Gasteiger partial charge on any atom is -0.497 e. The summed E-state index contributed by atoms with van der Waals surface area (Å²) in [5.41, 5.74) is 1.77. The Morgan fingerprint density at radius 1 is 0.923 bits per heavy atom. The molecule has 0 bridgehead atoms. The quantitative estimate of drug-likeness (QED) is 0.797. The molecule has 1 aliphatic rings. The van der Waals surface area contributed by atoms with Crippen molar-refractivity contribution >= 4 is 11.9 Å². The SMILES string of the molecule is COc1ccc(C(NC(=O)C2CC2C(=O)O)c2ccc(OC)cc2)cc1. The number of rotatable bonds is 7. The summed E-state index contributed by atoms with van der Waals surface area (Å²) in [7, 11) is 3.19. The third kappa shape index (κ3) is 3.79. The Morgan fingerprint density at radius 3 is 1.73 bits per heavy atom. The fourth-order valence-corrected chi connectivity index (χ4v) is 2.96. The number of benzene rings is 2. The van der Waals surface area contributed by atoms with Crippen molar-refractivity contribution in [2.24, 2.45) is 11.8 Å². The van der Waals surface area contributed by atoms with Crippen LogP contribution in [-0.2, 0) is 9.59 Å². The predicted octanol–water partition coefficient (Wildman–Crippen LogP) is 2.63. The number of carboxylic acid groups (broad SMARTS) is 1. The summed E-state index contributed by atoms with van der Waals surface area (Å²) in [6.45, 7) is 0. The van der Waals surface area contributed by atoms with Crippen LogP contribution in [0.4, 0.5) is 0 Å². The Morgan fingerprint density at radius 2 is 1.38 bits per heavy atom. The first-order valence-electron chi connectivity index (χ1n) is 8.34. The lowest BCUT2D eigenvalue weighted by Gasteiger charge is -2.20. The van der Waals surface area contributed by atoms with Gasteiger partial charge in [-0.3, -0.25) is 9.59 Å². The van der Waals surface area contributed by atoms with E-state index in [9.17, 15) is 9.59 Å². The highest BCUT2D eigenvalue weighted by Crippen LogP contribution is 2.39. The van der Waals surface area contributed by atoms with Crippen molar-refractivity contribution in [3.8, 4) is 11.5 Å². The van der Waals surface area contributed by atoms with E-state index in [0.717, 1.165) is 22.6 Å². The van der Waals surface area contributed by atoms with Crippen molar-refractivity contribution in [2.75, 3.05) is 14.2 Å². The van der Waals surface area contributed by atoms with E-state index in [1.165, 1.54) is 0 Å². The van der Waals surface area contributed by atoms with Gasteiger partial charge in [0.2, 0.25) is 5.91 Å². The Bertz CT molecular complexity index is 737. The molecule has 0 aromatic heterocycles. The molecule has 1 amide bonds. The highest BCUT2D eigenvalue weighted by Gasteiger charge is 2.48. The summed E-state index contributed by atoms with van der Waals surface area (Å²) in [5.74, 6) is -0.762. The topological polar surface area (TPSA) is 84.9 Å². The monoisotopic (exact) mass is 355 g/mol. The normalized spacial score (nSPS) is 18.3. The van der Waals surface area contributed by atoms with Crippen LogP contribution in [0.25, 0.3) is 0 Å². The van der Waals surface area contributed by atoms with E-state index in [1.54, 1.807) is 14.2 Å². The minimum atomic E-state index is -0.921. The van der Waals surface area contributed by atoms with Crippen LogP contribution in [0.15, 0.2) is 48.5 Å². The number of hydrogen-bond donors (Lipinski definition) is 2. The van der Waals surface area contributed by atoms with Crippen LogP contribution in [0.2, 0.25) is 0 Å². The molecule has 1 fully saturated rings. The summed E-state index contributed by atoms with van der Waals surface area (Å²) in [6, 6.07) is 14.5. The molecule has 1 aliphatic carbocycles. The zero-order valence-electron chi connectivity index (χ0n) is 14.6. The van der Waals surface area contributed by atoms with Crippen molar-refractivity contribution in [2.45, 2.75) is 12.5 Å². The zero-order chi connectivity index (χ0) is 18.7. The molecule has 0 heterocycles. The van der Waals surface area contributed by atoms with Crippen LogP contribution in [0.1, 0.15) is 23.6 Å². The van der Waals surface area contributed by atoms with E-state index < -0.39 is 17.8 Å². The van der Waals surface area contributed by atoms with Gasteiger partial charge in [0.25, 0.3) is 0 Å². The molecule has 6 nitrogen and oxygen atoms in total.